The quantitative estimate of drug-likeness (QED) is 0.681. The Morgan fingerprint density at radius 3 is 2.67 bits per heavy atom. The molecule has 0 fully saturated rings. The van der Waals surface area contributed by atoms with Crippen molar-refractivity contribution in [2.24, 2.45) is 7.05 Å². The summed E-state index contributed by atoms with van der Waals surface area (Å²) in [5.41, 5.74) is 2.53. The van der Waals surface area contributed by atoms with Crippen LogP contribution in [0, 0.1) is 6.92 Å². The Balaban J connectivity index is 2.63. The number of aldehydes is 1. The summed E-state index contributed by atoms with van der Waals surface area (Å²) in [6.45, 7) is 1.84. The molecule has 2 rings (SSSR count). The van der Waals surface area contributed by atoms with Gasteiger partial charge >= 0.3 is 0 Å². The predicted octanol–water partition coefficient (Wildman–Crippen LogP) is 0.998. The zero-order chi connectivity index (χ0) is 10.8. The Hall–Kier alpha value is -2.04. The fourth-order valence-corrected chi connectivity index (χ4v) is 1.42. The molecule has 15 heavy (non-hydrogen) atoms. The third-order valence-electron chi connectivity index (χ3n) is 2.09. The van der Waals surface area contributed by atoms with Crippen LogP contribution >= 0.6 is 0 Å². The monoisotopic (exact) mass is 202 g/mol. The van der Waals surface area contributed by atoms with Gasteiger partial charge in [0.05, 0.1) is 11.3 Å². The van der Waals surface area contributed by atoms with E-state index in [0.717, 1.165) is 12.0 Å². The zero-order valence-electron chi connectivity index (χ0n) is 8.51. The Bertz CT molecular complexity index is 504. The van der Waals surface area contributed by atoms with Crippen LogP contribution in [0.2, 0.25) is 0 Å². The fraction of sp³-hybridized carbons (Fsp3) is 0.200. The third-order valence-corrected chi connectivity index (χ3v) is 2.09. The smallest absolute Gasteiger partial charge is 0.153 e. The van der Waals surface area contributed by atoms with Gasteiger partial charge in [0.25, 0.3) is 0 Å². The molecular formula is C10H10N4O. The number of aryl methyl sites for hydroxylation is 2. The predicted molar refractivity (Wildman–Crippen MR) is 54.4 cm³/mol. The molecule has 0 aliphatic carbocycles. The van der Waals surface area contributed by atoms with Crippen LogP contribution in [-0.2, 0) is 7.05 Å². The minimum absolute atomic E-state index is 0.529. The van der Waals surface area contributed by atoms with Crippen LogP contribution < -0.4 is 0 Å². The molecule has 5 nitrogen and oxygen atoms in total. The second-order valence-corrected chi connectivity index (χ2v) is 3.21. The summed E-state index contributed by atoms with van der Waals surface area (Å²) < 4.78 is 1.59. The van der Waals surface area contributed by atoms with Crippen molar-refractivity contribution in [1.82, 2.24) is 19.7 Å². The molecule has 2 aromatic heterocycles. The molecule has 0 N–H and O–H groups in total. The molecule has 5 heteroatoms. The van der Waals surface area contributed by atoms with Crippen molar-refractivity contribution >= 4 is 6.29 Å². The Morgan fingerprint density at radius 2 is 2.00 bits per heavy atom. The molecule has 0 amide bonds. The molecule has 0 bridgehead atoms. The summed E-state index contributed by atoms with van der Waals surface area (Å²) in [7, 11) is 1.77. The second kappa shape index (κ2) is 3.61. The maximum atomic E-state index is 10.8. The first-order valence-corrected chi connectivity index (χ1v) is 4.49. The van der Waals surface area contributed by atoms with Crippen LogP contribution in [0.1, 0.15) is 16.1 Å². The van der Waals surface area contributed by atoms with Gasteiger partial charge in [0.2, 0.25) is 0 Å². The Kier molecular flexibility index (Phi) is 2.29. The van der Waals surface area contributed by atoms with Crippen molar-refractivity contribution < 1.29 is 4.79 Å². The van der Waals surface area contributed by atoms with Gasteiger partial charge in [0, 0.05) is 25.6 Å². The largest absolute Gasteiger partial charge is 0.298 e. The van der Waals surface area contributed by atoms with Crippen molar-refractivity contribution in [3.05, 3.63) is 29.8 Å². The molecule has 0 atom stereocenters. The van der Waals surface area contributed by atoms with Gasteiger partial charge in [-0.3, -0.25) is 19.4 Å². The summed E-state index contributed by atoms with van der Waals surface area (Å²) in [4.78, 5) is 19.1. The van der Waals surface area contributed by atoms with Gasteiger partial charge in [-0.05, 0) is 6.92 Å². The van der Waals surface area contributed by atoms with Gasteiger partial charge in [-0.2, -0.15) is 5.10 Å². The van der Waals surface area contributed by atoms with Gasteiger partial charge in [0.15, 0.2) is 6.29 Å². The lowest BCUT2D eigenvalue weighted by Gasteiger charge is -1.99. The van der Waals surface area contributed by atoms with Crippen molar-refractivity contribution in [3.63, 3.8) is 0 Å². The highest BCUT2D eigenvalue weighted by atomic mass is 16.1. The van der Waals surface area contributed by atoms with E-state index in [9.17, 15) is 4.79 Å². The molecule has 0 saturated carbocycles. The minimum Gasteiger partial charge on any atom is -0.298 e. The van der Waals surface area contributed by atoms with Gasteiger partial charge in [0.1, 0.15) is 11.4 Å². The molecule has 0 aromatic carbocycles. The van der Waals surface area contributed by atoms with Crippen LogP contribution in [0.3, 0.4) is 0 Å². The molecule has 2 aromatic rings. The van der Waals surface area contributed by atoms with E-state index in [1.807, 2.05) is 6.92 Å². The normalized spacial score (nSPS) is 10.3. The average Bonchev–Trinajstić information content (AvgIpc) is 2.60. The lowest BCUT2D eigenvalue weighted by atomic mass is 10.2. The van der Waals surface area contributed by atoms with E-state index in [-0.39, 0.29) is 0 Å². The Morgan fingerprint density at radius 1 is 1.27 bits per heavy atom. The van der Waals surface area contributed by atoms with Crippen LogP contribution in [-0.4, -0.2) is 26.0 Å². The molecule has 0 aliphatic heterocycles. The molecule has 0 spiro atoms. The SMILES string of the molecule is Cc1nccnc1-c1nn(C)cc1C=O. The standard InChI is InChI=1S/C10H10N4O/c1-7-9(12-4-3-11-7)10-8(6-15)5-14(2)13-10/h3-6H,1-2H3. The van der Waals surface area contributed by atoms with E-state index in [1.54, 1.807) is 30.3 Å². The summed E-state index contributed by atoms with van der Waals surface area (Å²) in [6, 6.07) is 0. The first kappa shape index (κ1) is 9.51. The summed E-state index contributed by atoms with van der Waals surface area (Å²) in [5.74, 6) is 0. The molecule has 0 radical (unpaired) electrons. The first-order chi connectivity index (χ1) is 7.22. The average molecular weight is 202 g/mol. The van der Waals surface area contributed by atoms with Gasteiger partial charge in [-0.1, -0.05) is 0 Å². The number of rotatable bonds is 2. The van der Waals surface area contributed by atoms with Crippen molar-refractivity contribution in [2.75, 3.05) is 0 Å². The Labute approximate surface area is 86.8 Å². The maximum Gasteiger partial charge on any atom is 0.153 e. The van der Waals surface area contributed by atoms with E-state index in [4.69, 9.17) is 0 Å². The lowest BCUT2D eigenvalue weighted by molar-refractivity contribution is 0.112. The second-order valence-electron chi connectivity index (χ2n) is 3.21. The van der Waals surface area contributed by atoms with Gasteiger partial charge < -0.3 is 0 Å². The van der Waals surface area contributed by atoms with Crippen LogP contribution in [0.4, 0.5) is 0 Å². The van der Waals surface area contributed by atoms with Crippen molar-refractivity contribution in [2.45, 2.75) is 6.92 Å². The van der Waals surface area contributed by atoms with Gasteiger partial charge in [-0.15, -0.1) is 0 Å². The van der Waals surface area contributed by atoms with E-state index < -0.39 is 0 Å². The number of nitrogens with zero attached hydrogens (tertiary/aromatic N) is 4. The number of hydrogen-bond donors (Lipinski definition) is 0. The molecule has 0 aliphatic rings. The number of carbonyl (C=O) groups is 1. The summed E-state index contributed by atoms with van der Waals surface area (Å²) in [6.07, 6.45) is 5.64. The molecule has 76 valence electrons. The van der Waals surface area contributed by atoms with Crippen molar-refractivity contribution in [1.29, 1.82) is 0 Å². The number of carbonyl (C=O) groups excluding carboxylic acids is 1. The van der Waals surface area contributed by atoms with Crippen LogP contribution in [0.15, 0.2) is 18.6 Å². The fourth-order valence-electron chi connectivity index (χ4n) is 1.42. The molecular weight excluding hydrogens is 192 g/mol. The highest BCUT2D eigenvalue weighted by molar-refractivity contribution is 5.84. The highest BCUT2D eigenvalue weighted by Crippen LogP contribution is 2.19. The third kappa shape index (κ3) is 1.63. The van der Waals surface area contributed by atoms with Crippen LogP contribution in [0.25, 0.3) is 11.4 Å². The lowest BCUT2D eigenvalue weighted by Crippen LogP contribution is -1.94. The van der Waals surface area contributed by atoms with E-state index in [1.165, 1.54) is 0 Å². The van der Waals surface area contributed by atoms with E-state index >= 15 is 0 Å². The maximum absolute atomic E-state index is 10.8. The minimum atomic E-state index is 0.529. The zero-order valence-corrected chi connectivity index (χ0v) is 8.51. The molecule has 0 saturated heterocycles. The first-order valence-electron chi connectivity index (χ1n) is 4.49. The highest BCUT2D eigenvalue weighted by Gasteiger charge is 2.12. The van der Waals surface area contributed by atoms with Gasteiger partial charge in [-0.25, -0.2) is 0 Å². The molecule has 0 unspecified atom stereocenters. The van der Waals surface area contributed by atoms with E-state index in [0.29, 0.717) is 17.0 Å². The van der Waals surface area contributed by atoms with Crippen LogP contribution in [0.5, 0.6) is 0 Å². The summed E-state index contributed by atoms with van der Waals surface area (Å²) in [5, 5.41) is 4.20. The molecule has 2 heterocycles. The van der Waals surface area contributed by atoms with Crippen molar-refractivity contribution in [3.8, 4) is 11.4 Å². The summed E-state index contributed by atoms with van der Waals surface area (Å²) >= 11 is 0. The van der Waals surface area contributed by atoms with E-state index in [2.05, 4.69) is 15.1 Å². The number of aromatic nitrogens is 4. The number of hydrogen-bond acceptors (Lipinski definition) is 4. The topological polar surface area (TPSA) is 60.7 Å².